The summed E-state index contributed by atoms with van der Waals surface area (Å²) in [6, 6.07) is 4.63. The Morgan fingerprint density at radius 1 is 1.29 bits per heavy atom. The maximum Gasteiger partial charge on any atom is 0.243 e. The van der Waals surface area contributed by atoms with E-state index < -0.39 is 10.0 Å². The third-order valence-corrected chi connectivity index (χ3v) is 5.87. The van der Waals surface area contributed by atoms with Gasteiger partial charge in [-0.15, -0.1) is 6.42 Å². The monoisotopic (exact) mass is 353 g/mol. The maximum atomic E-state index is 12.9. The first-order chi connectivity index (χ1) is 11.5. The summed E-state index contributed by atoms with van der Waals surface area (Å²) in [5.74, 6) is 3.46. The Morgan fingerprint density at radius 2 is 2.04 bits per heavy atom. The zero-order chi connectivity index (χ0) is 17.6. The molecule has 2 rings (SSSR count). The first-order valence-corrected chi connectivity index (χ1v) is 9.20. The molecule has 1 atom stereocenters. The van der Waals surface area contributed by atoms with E-state index in [0.717, 1.165) is 12.8 Å². The van der Waals surface area contributed by atoms with Gasteiger partial charge in [0.1, 0.15) is 6.61 Å². The molecule has 0 bridgehead atoms. The van der Waals surface area contributed by atoms with Crippen molar-refractivity contribution in [3.05, 3.63) is 18.2 Å². The van der Waals surface area contributed by atoms with Gasteiger partial charge in [-0.05, 0) is 30.9 Å². The molecule has 0 aromatic heterocycles. The van der Waals surface area contributed by atoms with Crippen molar-refractivity contribution in [2.75, 3.05) is 40.5 Å². The molecule has 0 N–H and O–H groups in total. The standard InChI is InChI=1S/C17H23NO5S/c1-4-10-23-13-14-6-5-9-18(12-14)24(19,20)15-7-8-16(21-2)17(11-15)22-3/h1,7-8,11,14H,5-6,9-10,12-13H2,2-3H3/t14-/m0/s1. The molecule has 7 heteroatoms. The summed E-state index contributed by atoms with van der Waals surface area (Å²) in [5, 5.41) is 0. The van der Waals surface area contributed by atoms with Crippen molar-refractivity contribution in [3.8, 4) is 23.8 Å². The van der Waals surface area contributed by atoms with Crippen molar-refractivity contribution in [3.63, 3.8) is 0 Å². The molecule has 1 aliphatic rings. The van der Waals surface area contributed by atoms with Crippen LogP contribution in [0.1, 0.15) is 12.8 Å². The van der Waals surface area contributed by atoms with Crippen molar-refractivity contribution < 1.29 is 22.6 Å². The van der Waals surface area contributed by atoms with Gasteiger partial charge in [0, 0.05) is 19.2 Å². The molecule has 1 heterocycles. The number of ether oxygens (including phenoxy) is 3. The summed E-state index contributed by atoms with van der Waals surface area (Å²) < 4.78 is 43.0. The topological polar surface area (TPSA) is 65.1 Å². The second-order valence-corrected chi connectivity index (χ2v) is 7.55. The Labute approximate surface area is 143 Å². The molecular weight excluding hydrogens is 330 g/mol. The van der Waals surface area contributed by atoms with Crippen molar-refractivity contribution in [1.29, 1.82) is 0 Å². The summed E-state index contributed by atoms with van der Waals surface area (Å²) in [5.41, 5.74) is 0. The zero-order valence-corrected chi connectivity index (χ0v) is 14.8. The van der Waals surface area contributed by atoms with Crippen LogP contribution in [0.25, 0.3) is 0 Å². The molecule has 6 nitrogen and oxygen atoms in total. The fourth-order valence-electron chi connectivity index (χ4n) is 2.79. The number of sulfonamides is 1. The molecule has 0 spiro atoms. The number of methoxy groups -OCH3 is 2. The van der Waals surface area contributed by atoms with Crippen LogP contribution < -0.4 is 9.47 Å². The maximum absolute atomic E-state index is 12.9. The number of nitrogens with zero attached hydrogens (tertiary/aromatic N) is 1. The lowest BCUT2D eigenvalue weighted by Crippen LogP contribution is -2.41. The van der Waals surface area contributed by atoms with Crippen LogP contribution in [-0.4, -0.2) is 53.2 Å². The zero-order valence-electron chi connectivity index (χ0n) is 14.0. The molecule has 0 unspecified atom stereocenters. The normalized spacial score (nSPS) is 18.8. The molecule has 1 aromatic carbocycles. The highest BCUT2D eigenvalue weighted by Gasteiger charge is 2.31. The Balaban J connectivity index is 2.16. The van der Waals surface area contributed by atoms with E-state index in [1.54, 1.807) is 6.07 Å². The van der Waals surface area contributed by atoms with E-state index in [2.05, 4.69) is 5.92 Å². The lowest BCUT2D eigenvalue weighted by molar-refractivity contribution is 0.0990. The predicted octanol–water partition coefficient (Wildman–Crippen LogP) is 1.75. The molecule has 0 aliphatic carbocycles. The third kappa shape index (κ3) is 4.20. The highest BCUT2D eigenvalue weighted by molar-refractivity contribution is 7.89. The van der Waals surface area contributed by atoms with Crippen LogP contribution in [-0.2, 0) is 14.8 Å². The first kappa shape index (κ1) is 18.6. The highest BCUT2D eigenvalue weighted by Crippen LogP contribution is 2.32. The second kappa shape index (κ2) is 8.38. The molecule has 132 valence electrons. The largest absolute Gasteiger partial charge is 0.493 e. The third-order valence-electron chi connectivity index (χ3n) is 4.01. The summed E-state index contributed by atoms with van der Waals surface area (Å²) in [7, 11) is -0.590. The van der Waals surface area contributed by atoms with Crippen LogP contribution in [0.4, 0.5) is 0 Å². The van der Waals surface area contributed by atoms with Crippen LogP contribution in [0.3, 0.4) is 0 Å². The van der Waals surface area contributed by atoms with Crippen LogP contribution in [0.5, 0.6) is 11.5 Å². The molecule has 24 heavy (non-hydrogen) atoms. The minimum absolute atomic E-state index is 0.155. The quantitative estimate of drug-likeness (QED) is 0.552. The minimum atomic E-state index is -3.58. The fourth-order valence-corrected chi connectivity index (χ4v) is 4.36. The van der Waals surface area contributed by atoms with Gasteiger partial charge in [-0.2, -0.15) is 4.31 Å². The molecule has 1 fully saturated rings. The number of hydrogen-bond donors (Lipinski definition) is 0. The van der Waals surface area contributed by atoms with Crippen LogP contribution in [0.2, 0.25) is 0 Å². The van der Waals surface area contributed by atoms with E-state index >= 15 is 0 Å². The van der Waals surface area contributed by atoms with Gasteiger partial charge in [0.25, 0.3) is 0 Å². The summed E-state index contributed by atoms with van der Waals surface area (Å²) >= 11 is 0. The van der Waals surface area contributed by atoms with Gasteiger partial charge in [-0.25, -0.2) is 8.42 Å². The van der Waals surface area contributed by atoms with Crippen molar-refractivity contribution in [1.82, 2.24) is 4.31 Å². The Morgan fingerprint density at radius 3 is 2.71 bits per heavy atom. The summed E-state index contributed by atoms with van der Waals surface area (Å²) in [6.07, 6.45) is 6.90. The van der Waals surface area contributed by atoms with Gasteiger partial charge in [-0.1, -0.05) is 5.92 Å². The van der Waals surface area contributed by atoms with Gasteiger partial charge < -0.3 is 14.2 Å². The van der Waals surface area contributed by atoms with Gasteiger partial charge in [0.2, 0.25) is 10.0 Å². The van der Waals surface area contributed by atoms with Crippen LogP contribution >= 0.6 is 0 Å². The van der Waals surface area contributed by atoms with E-state index in [1.807, 2.05) is 0 Å². The van der Waals surface area contributed by atoms with Crippen molar-refractivity contribution >= 4 is 10.0 Å². The number of terminal acetylenes is 1. The molecule has 0 amide bonds. The van der Waals surface area contributed by atoms with Crippen molar-refractivity contribution in [2.45, 2.75) is 17.7 Å². The average Bonchev–Trinajstić information content (AvgIpc) is 2.61. The summed E-state index contributed by atoms with van der Waals surface area (Å²) in [6.45, 7) is 1.66. The van der Waals surface area contributed by atoms with Gasteiger partial charge in [0.05, 0.1) is 25.7 Å². The molecule has 1 saturated heterocycles. The molecule has 0 saturated carbocycles. The second-order valence-electron chi connectivity index (χ2n) is 5.61. The Kier molecular flexibility index (Phi) is 6.49. The van der Waals surface area contributed by atoms with Crippen LogP contribution in [0, 0.1) is 18.3 Å². The van der Waals surface area contributed by atoms with E-state index in [1.165, 1.54) is 30.7 Å². The molecular formula is C17H23NO5S. The number of hydrogen-bond acceptors (Lipinski definition) is 5. The molecule has 1 aromatic rings. The van der Waals surface area contributed by atoms with E-state index in [4.69, 9.17) is 20.6 Å². The average molecular weight is 353 g/mol. The number of piperidine rings is 1. The Bertz CT molecular complexity index is 695. The van der Waals surface area contributed by atoms with E-state index in [9.17, 15) is 8.42 Å². The number of rotatable bonds is 7. The molecule has 0 radical (unpaired) electrons. The fraction of sp³-hybridized carbons (Fsp3) is 0.529. The van der Waals surface area contributed by atoms with Crippen LogP contribution in [0.15, 0.2) is 23.1 Å². The highest BCUT2D eigenvalue weighted by atomic mass is 32.2. The predicted molar refractivity (Wildman–Crippen MR) is 90.7 cm³/mol. The number of benzene rings is 1. The van der Waals surface area contributed by atoms with Gasteiger partial charge in [-0.3, -0.25) is 0 Å². The lowest BCUT2D eigenvalue weighted by atomic mass is 10.0. The van der Waals surface area contributed by atoms with Gasteiger partial charge >= 0.3 is 0 Å². The minimum Gasteiger partial charge on any atom is -0.493 e. The van der Waals surface area contributed by atoms with E-state index in [-0.39, 0.29) is 17.4 Å². The SMILES string of the molecule is C#CCOC[C@H]1CCCN(S(=O)(=O)c2ccc(OC)c(OC)c2)C1. The Hall–Kier alpha value is -1.75. The van der Waals surface area contributed by atoms with Gasteiger partial charge in [0.15, 0.2) is 11.5 Å². The summed E-state index contributed by atoms with van der Waals surface area (Å²) in [4.78, 5) is 0.199. The first-order valence-electron chi connectivity index (χ1n) is 7.76. The van der Waals surface area contributed by atoms with E-state index in [0.29, 0.717) is 31.2 Å². The van der Waals surface area contributed by atoms with Crippen molar-refractivity contribution in [2.24, 2.45) is 5.92 Å². The lowest BCUT2D eigenvalue weighted by Gasteiger charge is -2.31. The smallest absolute Gasteiger partial charge is 0.243 e. The molecule has 1 aliphatic heterocycles.